The zero-order valence-corrected chi connectivity index (χ0v) is 14.2. The molecule has 1 aliphatic rings. The summed E-state index contributed by atoms with van der Waals surface area (Å²) in [7, 11) is 0. The Bertz CT molecular complexity index is 470. The Morgan fingerprint density at radius 3 is 2.95 bits per heavy atom. The fraction of sp³-hybridized carbons (Fsp3) is 0.500. The van der Waals surface area contributed by atoms with Gasteiger partial charge in [-0.3, -0.25) is 9.69 Å². The highest BCUT2D eigenvalue weighted by Crippen LogP contribution is 2.20. The summed E-state index contributed by atoms with van der Waals surface area (Å²) in [5.74, 6) is 0.0548. The highest BCUT2D eigenvalue weighted by molar-refractivity contribution is 9.10. The predicted molar refractivity (Wildman–Crippen MR) is 88.7 cm³/mol. The maximum Gasteiger partial charge on any atom is 0.238 e. The Labute approximate surface area is 134 Å². The van der Waals surface area contributed by atoms with Crippen LogP contribution in [0.15, 0.2) is 22.7 Å². The number of halogens is 2. The Balaban J connectivity index is 0.00000200. The second-order valence-electron chi connectivity index (χ2n) is 5.03. The van der Waals surface area contributed by atoms with Gasteiger partial charge in [0.15, 0.2) is 0 Å². The second-order valence-corrected chi connectivity index (χ2v) is 5.95. The van der Waals surface area contributed by atoms with E-state index in [1.54, 1.807) is 0 Å². The van der Waals surface area contributed by atoms with Crippen LogP contribution in [0, 0.1) is 6.92 Å². The first-order valence-corrected chi connectivity index (χ1v) is 7.36. The number of carbonyl (C=O) groups excluding carboxylic acids is 1. The van der Waals surface area contributed by atoms with Crippen LogP contribution in [-0.4, -0.2) is 43.0 Å². The summed E-state index contributed by atoms with van der Waals surface area (Å²) in [5.41, 5.74) is 1.95. The largest absolute Gasteiger partial charge is 0.325 e. The van der Waals surface area contributed by atoms with E-state index >= 15 is 0 Å². The van der Waals surface area contributed by atoms with Crippen molar-refractivity contribution in [3.8, 4) is 0 Å². The molecule has 1 aliphatic heterocycles. The minimum Gasteiger partial charge on any atom is -0.325 e. The molecule has 0 bridgehead atoms. The van der Waals surface area contributed by atoms with Gasteiger partial charge in [-0.05, 0) is 37.6 Å². The second kappa shape index (κ2) is 7.98. The van der Waals surface area contributed by atoms with Gasteiger partial charge in [-0.2, -0.15) is 0 Å². The molecule has 1 aromatic carbocycles. The molecule has 0 spiro atoms. The number of amides is 1. The molecule has 1 atom stereocenters. The van der Waals surface area contributed by atoms with E-state index in [9.17, 15) is 4.79 Å². The number of aryl methyl sites for hydroxylation is 1. The smallest absolute Gasteiger partial charge is 0.238 e. The van der Waals surface area contributed by atoms with E-state index in [1.165, 1.54) is 0 Å². The van der Waals surface area contributed by atoms with Crippen molar-refractivity contribution in [3.05, 3.63) is 28.2 Å². The standard InChI is InChI=1S/C14H20BrN3O.ClH/c1-10-7-12(15)3-4-13(10)17-14(19)9-18-6-5-16-8-11(18)2;/h3-4,7,11,16H,5-6,8-9H2,1-2H3,(H,17,19);1H. The topological polar surface area (TPSA) is 44.4 Å². The van der Waals surface area contributed by atoms with Gasteiger partial charge in [-0.25, -0.2) is 0 Å². The maximum atomic E-state index is 12.1. The van der Waals surface area contributed by atoms with Crippen molar-refractivity contribution in [2.75, 3.05) is 31.5 Å². The SMILES string of the molecule is Cc1cc(Br)ccc1NC(=O)CN1CCNCC1C.Cl. The lowest BCUT2D eigenvalue weighted by Gasteiger charge is -2.33. The molecular formula is C14H21BrClN3O. The first kappa shape index (κ1) is 17.4. The molecule has 20 heavy (non-hydrogen) atoms. The van der Waals surface area contributed by atoms with Crippen molar-refractivity contribution >= 4 is 39.9 Å². The number of hydrogen-bond donors (Lipinski definition) is 2. The van der Waals surface area contributed by atoms with Gasteiger partial charge < -0.3 is 10.6 Å². The molecule has 1 amide bonds. The highest BCUT2D eigenvalue weighted by atomic mass is 79.9. The number of hydrogen-bond acceptors (Lipinski definition) is 3. The minimum absolute atomic E-state index is 0. The van der Waals surface area contributed by atoms with Crippen LogP contribution < -0.4 is 10.6 Å². The van der Waals surface area contributed by atoms with Crippen molar-refractivity contribution in [3.63, 3.8) is 0 Å². The van der Waals surface area contributed by atoms with Crippen LogP contribution in [-0.2, 0) is 4.79 Å². The molecule has 0 radical (unpaired) electrons. The van der Waals surface area contributed by atoms with Crippen molar-refractivity contribution in [1.82, 2.24) is 10.2 Å². The third kappa shape index (κ3) is 4.74. The van der Waals surface area contributed by atoms with Gasteiger partial charge in [0.1, 0.15) is 0 Å². The molecule has 1 fully saturated rings. The van der Waals surface area contributed by atoms with E-state index in [4.69, 9.17) is 0 Å². The van der Waals surface area contributed by atoms with Crippen LogP contribution in [0.4, 0.5) is 5.69 Å². The van der Waals surface area contributed by atoms with Gasteiger partial charge >= 0.3 is 0 Å². The summed E-state index contributed by atoms with van der Waals surface area (Å²) in [6.45, 7) is 7.42. The van der Waals surface area contributed by atoms with E-state index in [0.717, 1.165) is 35.4 Å². The average Bonchev–Trinajstić information content (AvgIpc) is 2.36. The van der Waals surface area contributed by atoms with Crippen LogP contribution in [0.1, 0.15) is 12.5 Å². The third-order valence-corrected chi connectivity index (χ3v) is 3.94. The Hall–Kier alpha value is -0.620. The van der Waals surface area contributed by atoms with E-state index in [-0.39, 0.29) is 18.3 Å². The van der Waals surface area contributed by atoms with Gasteiger partial charge in [0.2, 0.25) is 5.91 Å². The lowest BCUT2D eigenvalue weighted by atomic mass is 10.2. The minimum atomic E-state index is 0. The fourth-order valence-corrected chi connectivity index (χ4v) is 2.74. The summed E-state index contributed by atoms with van der Waals surface area (Å²) >= 11 is 3.42. The van der Waals surface area contributed by atoms with Crippen LogP contribution in [0.2, 0.25) is 0 Å². The maximum absolute atomic E-state index is 12.1. The Morgan fingerprint density at radius 2 is 2.30 bits per heavy atom. The predicted octanol–water partition coefficient (Wildman–Crippen LogP) is 2.41. The first-order valence-electron chi connectivity index (χ1n) is 6.57. The molecule has 0 aliphatic carbocycles. The first-order chi connectivity index (χ1) is 9.06. The summed E-state index contributed by atoms with van der Waals surface area (Å²) < 4.78 is 1.03. The van der Waals surface area contributed by atoms with E-state index in [2.05, 4.69) is 38.4 Å². The van der Waals surface area contributed by atoms with Gasteiger partial charge in [-0.1, -0.05) is 15.9 Å². The number of nitrogens with one attached hydrogen (secondary N) is 2. The highest BCUT2D eigenvalue weighted by Gasteiger charge is 2.20. The lowest BCUT2D eigenvalue weighted by molar-refractivity contribution is -0.118. The molecule has 0 aromatic heterocycles. The Kier molecular flexibility index (Phi) is 6.95. The molecule has 1 heterocycles. The number of carbonyl (C=O) groups is 1. The van der Waals surface area contributed by atoms with Gasteiger partial charge in [-0.15, -0.1) is 12.4 Å². The van der Waals surface area contributed by atoms with Gasteiger partial charge in [0, 0.05) is 35.8 Å². The summed E-state index contributed by atoms with van der Waals surface area (Å²) in [6.07, 6.45) is 0. The molecule has 1 saturated heterocycles. The van der Waals surface area contributed by atoms with Gasteiger partial charge in [0.25, 0.3) is 0 Å². The van der Waals surface area contributed by atoms with Crippen LogP contribution in [0.5, 0.6) is 0 Å². The average molecular weight is 363 g/mol. The quantitative estimate of drug-likeness (QED) is 0.868. The van der Waals surface area contributed by atoms with Crippen molar-refractivity contribution in [2.24, 2.45) is 0 Å². The summed E-state index contributed by atoms with van der Waals surface area (Å²) in [5, 5.41) is 6.31. The van der Waals surface area contributed by atoms with Crippen LogP contribution in [0.25, 0.3) is 0 Å². The molecular weight excluding hydrogens is 342 g/mol. The number of rotatable bonds is 3. The number of piperazine rings is 1. The summed E-state index contributed by atoms with van der Waals surface area (Å²) in [6, 6.07) is 6.28. The number of anilines is 1. The third-order valence-electron chi connectivity index (χ3n) is 3.45. The monoisotopic (exact) mass is 361 g/mol. The number of benzene rings is 1. The zero-order chi connectivity index (χ0) is 13.8. The lowest BCUT2D eigenvalue weighted by Crippen LogP contribution is -2.52. The van der Waals surface area contributed by atoms with Crippen molar-refractivity contribution in [2.45, 2.75) is 19.9 Å². The molecule has 6 heteroatoms. The molecule has 2 N–H and O–H groups in total. The molecule has 0 saturated carbocycles. The molecule has 2 rings (SSSR count). The van der Waals surface area contributed by atoms with E-state index in [1.807, 2.05) is 25.1 Å². The number of nitrogens with zero attached hydrogens (tertiary/aromatic N) is 1. The van der Waals surface area contributed by atoms with Crippen LogP contribution >= 0.6 is 28.3 Å². The fourth-order valence-electron chi connectivity index (χ4n) is 2.26. The van der Waals surface area contributed by atoms with E-state index < -0.39 is 0 Å². The van der Waals surface area contributed by atoms with E-state index in [0.29, 0.717) is 12.6 Å². The van der Waals surface area contributed by atoms with Crippen LogP contribution in [0.3, 0.4) is 0 Å². The normalized spacial score (nSPS) is 19.2. The van der Waals surface area contributed by atoms with Gasteiger partial charge in [0.05, 0.1) is 6.54 Å². The van der Waals surface area contributed by atoms with Crippen molar-refractivity contribution in [1.29, 1.82) is 0 Å². The molecule has 1 unspecified atom stereocenters. The molecule has 112 valence electrons. The molecule has 4 nitrogen and oxygen atoms in total. The zero-order valence-electron chi connectivity index (χ0n) is 11.8. The summed E-state index contributed by atoms with van der Waals surface area (Å²) in [4.78, 5) is 14.3. The molecule has 1 aromatic rings. The Morgan fingerprint density at radius 1 is 1.55 bits per heavy atom. The van der Waals surface area contributed by atoms with Crippen molar-refractivity contribution < 1.29 is 4.79 Å².